The van der Waals surface area contributed by atoms with E-state index in [1.807, 2.05) is 13.8 Å². The Labute approximate surface area is 195 Å². The summed E-state index contributed by atoms with van der Waals surface area (Å²) < 4.78 is 24.4. The zero-order chi connectivity index (χ0) is 23.6. The molecule has 8 heteroatoms. The molecule has 33 heavy (non-hydrogen) atoms. The fourth-order valence-electron chi connectivity index (χ4n) is 5.87. The molecule has 182 valence electrons. The van der Waals surface area contributed by atoms with Crippen LogP contribution in [0, 0.1) is 5.82 Å². The van der Waals surface area contributed by atoms with E-state index in [2.05, 4.69) is 10.2 Å². The van der Waals surface area contributed by atoms with Gasteiger partial charge in [0.25, 0.3) is 0 Å². The molecular weight excluding hydrogens is 425 g/mol. The maximum Gasteiger partial charge on any atom is 0.414 e. The summed E-state index contributed by atoms with van der Waals surface area (Å²) in [5.74, 6) is -0.270. The Morgan fingerprint density at radius 2 is 1.91 bits per heavy atom. The van der Waals surface area contributed by atoms with E-state index < -0.39 is 6.09 Å². The van der Waals surface area contributed by atoms with Crippen LogP contribution in [0.5, 0.6) is 0 Å². The quantitative estimate of drug-likeness (QED) is 0.667. The zero-order valence-corrected chi connectivity index (χ0v) is 19.9. The molecule has 1 aromatic carbocycles. The van der Waals surface area contributed by atoms with Crippen molar-refractivity contribution in [3.05, 3.63) is 29.6 Å². The summed E-state index contributed by atoms with van der Waals surface area (Å²) in [5.41, 5.74) is 1.44. The lowest BCUT2D eigenvalue weighted by Crippen LogP contribution is -2.50. The normalized spacial score (nSPS) is 24.9. The van der Waals surface area contributed by atoms with Gasteiger partial charge in [0.2, 0.25) is 0 Å². The van der Waals surface area contributed by atoms with Crippen molar-refractivity contribution >= 4 is 17.9 Å². The second kappa shape index (κ2) is 9.87. The molecule has 2 fully saturated rings. The third kappa shape index (κ3) is 5.10. The van der Waals surface area contributed by atoms with Crippen molar-refractivity contribution in [1.82, 2.24) is 10.2 Å². The number of nitrogens with one attached hydrogen (secondary N) is 1. The van der Waals surface area contributed by atoms with Crippen LogP contribution in [0.25, 0.3) is 0 Å². The lowest BCUT2D eigenvalue weighted by Gasteiger charge is -2.43. The molecule has 1 saturated heterocycles. The van der Waals surface area contributed by atoms with Crippen LogP contribution in [0.4, 0.5) is 19.7 Å². The van der Waals surface area contributed by atoms with Gasteiger partial charge in [0, 0.05) is 24.0 Å². The van der Waals surface area contributed by atoms with Gasteiger partial charge in [0.05, 0.1) is 18.9 Å². The molecule has 0 aromatic heterocycles. The predicted octanol–water partition coefficient (Wildman–Crippen LogP) is 4.58. The Morgan fingerprint density at radius 1 is 1.18 bits per heavy atom. The average Bonchev–Trinajstić information content (AvgIpc) is 2.92. The molecule has 0 bridgehead atoms. The minimum Gasteiger partial charge on any atom is -0.452 e. The smallest absolute Gasteiger partial charge is 0.414 e. The minimum absolute atomic E-state index is 0.121. The van der Waals surface area contributed by atoms with Gasteiger partial charge in [-0.15, -0.1) is 0 Å². The number of rotatable bonds is 3. The van der Waals surface area contributed by atoms with E-state index in [1.54, 1.807) is 17.0 Å². The number of ether oxygens (including phenoxy) is 2. The number of nitrogens with zero attached hydrogens (tertiary/aromatic N) is 2. The molecular formula is C25H36FN3O4. The third-order valence-electron chi connectivity index (χ3n) is 7.51. The number of hydrogen-bond donors (Lipinski definition) is 1. The van der Waals surface area contributed by atoms with Crippen molar-refractivity contribution < 1.29 is 23.5 Å². The van der Waals surface area contributed by atoms with Crippen molar-refractivity contribution in [2.75, 3.05) is 31.6 Å². The molecule has 3 aliphatic rings. The molecule has 2 heterocycles. The Kier molecular flexibility index (Phi) is 7.12. The first kappa shape index (κ1) is 23.8. The largest absolute Gasteiger partial charge is 0.452 e. The highest BCUT2D eigenvalue weighted by Gasteiger charge is 2.47. The fourth-order valence-corrected chi connectivity index (χ4v) is 5.87. The average molecular weight is 462 g/mol. The second-order valence-corrected chi connectivity index (χ2v) is 10.0. The monoisotopic (exact) mass is 461 g/mol. The van der Waals surface area contributed by atoms with Crippen LogP contribution < -0.4 is 10.2 Å². The molecule has 2 atom stereocenters. The molecule has 1 saturated carbocycles. The Bertz CT molecular complexity index is 869. The maximum absolute atomic E-state index is 14.2. The van der Waals surface area contributed by atoms with E-state index in [-0.39, 0.29) is 29.5 Å². The summed E-state index contributed by atoms with van der Waals surface area (Å²) in [7, 11) is 1.38. The molecule has 0 radical (unpaired) electrons. The van der Waals surface area contributed by atoms with Crippen molar-refractivity contribution in [2.45, 2.75) is 82.4 Å². The van der Waals surface area contributed by atoms with E-state index in [0.717, 1.165) is 69.3 Å². The van der Waals surface area contributed by atoms with Crippen LogP contribution in [-0.4, -0.2) is 62.0 Å². The van der Waals surface area contributed by atoms with Crippen molar-refractivity contribution in [1.29, 1.82) is 0 Å². The van der Waals surface area contributed by atoms with E-state index in [1.165, 1.54) is 13.2 Å². The zero-order valence-electron chi connectivity index (χ0n) is 19.9. The summed E-state index contributed by atoms with van der Waals surface area (Å²) >= 11 is 0. The number of fused-ring (bicyclic) bond motifs is 2. The lowest BCUT2D eigenvalue weighted by molar-refractivity contribution is 0.0959. The number of halogens is 1. The van der Waals surface area contributed by atoms with Crippen LogP contribution in [-0.2, 0) is 14.9 Å². The summed E-state index contributed by atoms with van der Waals surface area (Å²) in [6.45, 7) is 6.01. The molecule has 1 spiro atoms. The van der Waals surface area contributed by atoms with Crippen LogP contribution in [0.1, 0.15) is 64.4 Å². The van der Waals surface area contributed by atoms with Gasteiger partial charge in [-0.2, -0.15) is 0 Å². The van der Waals surface area contributed by atoms with E-state index in [0.29, 0.717) is 12.6 Å². The van der Waals surface area contributed by atoms with E-state index in [9.17, 15) is 14.0 Å². The van der Waals surface area contributed by atoms with Crippen LogP contribution >= 0.6 is 0 Å². The van der Waals surface area contributed by atoms with Gasteiger partial charge in [-0.3, -0.25) is 4.90 Å². The predicted molar refractivity (Wildman–Crippen MR) is 124 cm³/mol. The Balaban J connectivity index is 1.43. The van der Waals surface area contributed by atoms with Crippen molar-refractivity contribution in [3.8, 4) is 0 Å². The summed E-state index contributed by atoms with van der Waals surface area (Å²) in [6, 6.07) is 5.22. The van der Waals surface area contributed by atoms with Gasteiger partial charge in [-0.05, 0) is 82.8 Å². The molecule has 2 unspecified atom stereocenters. The number of hydrogen-bond acceptors (Lipinski definition) is 5. The number of amides is 2. The standard InChI is InChI=1S/C25H36FN3O4/c1-17(2)33-23(30)27-19-6-4-5-7-20(15-19)28-12-10-25(11-13-28)16-29(24(31)32-3)22-9-8-18(26)14-21(22)25/h8-9,14,17,19-20H,4-7,10-13,15-16H2,1-3H3,(H,27,30). The molecule has 2 aliphatic heterocycles. The highest BCUT2D eigenvalue weighted by Crippen LogP contribution is 2.48. The van der Waals surface area contributed by atoms with Crippen LogP contribution in [0.2, 0.25) is 0 Å². The Hall–Kier alpha value is -2.35. The molecule has 1 aliphatic carbocycles. The Morgan fingerprint density at radius 3 is 2.61 bits per heavy atom. The van der Waals surface area contributed by atoms with E-state index in [4.69, 9.17) is 9.47 Å². The van der Waals surface area contributed by atoms with Gasteiger partial charge < -0.3 is 19.7 Å². The molecule has 1 N–H and O–H groups in total. The number of anilines is 1. The van der Waals surface area contributed by atoms with Gasteiger partial charge >= 0.3 is 12.2 Å². The van der Waals surface area contributed by atoms with E-state index >= 15 is 0 Å². The number of likely N-dealkylation sites (tertiary alicyclic amines) is 1. The molecule has 2 amide bonds. The second-order valence-electron chi connectivity index (χ2n) is 10.0. The number of carbonyl (C=O) groups is 2. The van der Waals surface area contributed by atoms with Gasteiger partial charge in [-0.25, -0.2) is 14.0 Å². The summed E-state index contributed by atoms with van der Waals surface area (Å²) in [4.78, 5) is 28.7. The SMILES string of the molecule is COC(=O)N1CC2(CCN(C3CCCCC(NC(=O)OC(C)C)C3)CC2)c2cc(F)ccc21. The lowest BCUT2D eigenvalue weighted by atomic mass is 9.74. The van der Waals surface area contributed by atoms with Crippen LogP contribution in [0.3, 0.4) is 0 Å². The topological polar surface area (TPSA) is 71.1 Å². The highest BCUT2D eigenvalue weighted by atomic mass is 19.1. The maximum atomic E-state index is 14.2. The van der Waals surface area contributed by atoms with Crippen LogP contribution in [0.15, 0.2) is 18.2 Å². The van der Waals surface area contributed by atoms with Crippen molar-refractivity contribution in [3.63, 3.8) is 0 Å². The fraction of sp³-hybridized carbons (Fsp3) is 0.680. The number of piperidine rings is 1. The van der Waals surface area contributed by atoms with Gasteiger partial charge in [0.1, 0.15) is 5.82 Å². The van der Waals surface area contributed by atoms with Gasteiger partial charge in [0.15, 0.2) is 0 Å². The molecule has 1 aromatic rings. The summed E-state index contributed by atoms with van der Waals surface area (Å²) in [6.07, 6.45) is 6.12. The first-order chi connectivity index (χ1) is 15.8. The first-order valence-corrected chi connectivity index (χ1v) is 12.2. The summed E-state index contributed by atoms with van der Waals surface area (Å²) in [5, 5.41) is 3.06. The van der Waals surface area contributed by atoms with Crippen molar-refractivity contribution in [2.24, 2.45) is 0 Å². The first-order valence-electron chi connectivity index (χ1n) is 12.2. The number of carbonyl (C=O) groups excluding carboxylic acids is 2. The minimum atomic E-state index is -0.395. The molecule has 4 rings (SSSR count). The van der Waals surface area contributed by atoms with Gasteiger partial charge in [-0.1, -0.05) is 12.8 Å². The molecule has 7 nitrogen and oxygen atoms in total. The number of benzene rings is 1. The highest BCUT2D eigenvalue weighted by molar-refractivity contribution is 5.91. The number of alkyl carbamates (subject to hydrolysis) is 1. The number of methoxy groups -OCH3 is 1. The third-order valence-corrected chi connectivity index (χ3v) is 7.51.